The molecule has 1 amide bonds. The molecule has 196 valence electrons. The second-order valence-electron chi connectivity index (χ2n) is 8.84. The summed E-state index contributed by atoms with van der Waals surface area (Å²) in [5.74, 6) is -0.515. The number of amides is 1. The van der Waals surface area contributed by atoms with Crippen LogP contribution in [0, 0.1) is 0 Å². The van der Waals surface area contributed by atoms with Gasteiger partial charge in [0.2, 0.25) is 5.91 Å². The van der Waals surface area contributed by atoms with Gasteiger partial charge < -0.3 is 9.50 Å². The van der Waals surface area contributed by atoms with Crippen molar-refractivity contribution < 1.29 is 30.6 Å². The van der Waals surface area contributed by atoms with Crippen molar-refractivity contribution in [3.63, 3.8) is 0 Å². The van der Waals surface area contributed by atoms with Crippen LogP contribution in [0.25, 0.3) is 16.8 Å². The van der Waals surface area contributed by atoms with E-state index in [-0.39, 0.29) is 11.7 Å². The highest BCUT2D eigenvalue weighted by molar-refractivity contribution is 7.88. The van der Waals surface area contributed by atoms with Crippen molar-refractivity contribution in [1.82, 2.24) is 10.2 Å². The lowest BCUT2D eigenvalue weighted by Gasteiger charge is -2.29. The van der Waals surface area contributed by atoms with Crippen LogP contribution in [0.1, 0.15) is 29.5 Å². The van der Waals surface area contributed by atoms with Gasteiger partial charge in [-0.15, -0.1) is 0 Å². The van der Waals surface area contributed by atoms with Gasteiger partial charge in [-0.05, 0) is 71.5 Å². The summed E-state index contributed by atoms with van der Waals surface area (Å²) in [6.45, 7) is 2.54. The fraction of sp³-hybridized carbons (Fsp3) is 0.296. The molecule has 4 rings (SSSR count). The first-order valence-corrected chi connectivity index (χ1v) is 13.3. The zero-order valence-electron chi connectivity index (χ0n) is 20.0. The van der Waals surface area contributed by atoms with E-state index in [1.54, 1.807) is 12.1 Å². The van der Waals surface area contributed by atoms with Crippen LogP contribution < -0.4 is 9.50 Å². The molecule has 10 heteroatoms. The average molecular weight is 533 g/mol. The molecular weight excluding hydrogens is 505 g/mol. The number of rotatable bonds is 9. The highest BCUT2D eigenvalue weighted by atomic mass is 32.2. The molecule has 0 aliphatic carbocycles. The summed E-state index contributed by atoms with van der Waals surface area (Å²) in [5.41, 5.74) is -2.80. The molecule has 3 aromatic rings. The topological polar surface area (TPSA) is 75.7 Å². The molecule has 1 N–H and O–H groups in total. The smallest absolute Gasteiger partial charge is 0.376 e. The highest BCUT2D eigenvalue weighted by Crippen LogP contribution is 2.29. The summed E-state index contributed by atoms with van der Waals surface area (Å²) in [7, 11) is -5.70. The van der Waals surface area contributed by atoms with Crippen molar-refractivity contribution in [3.8, 4) is 5.75 Å². The monoisotopic (exact) mass is 532 g/mol. The number of nitrogens with zero attached hydrogens (tertiary/aromatic N) is 1. The SMILES string of the molecule is O=C(C=Cc1cccc2ccccc12)NCCCCN1CCc2ccc(OS(=O)(=O)C(F)(F)F)cc2C1. The zero-order valence-corrected chi connectivity index (χ0v) is 20.8. The first-order chi connectivity index (χ1) is 17.6. The molecule has 0 unspecified atom stereocenters. The maximum atomic E-state index is 12.6. The van der Waals surface area contributed by atoms with E-state index in [0.29, 0.717) is 19.5 Å². The number of nitrogens with one attached hydrogen (secondary N) is 1. The van der Waals surface area contributed by atoms with E-state index in [2.05, 4.69) is 14.4 Å². The van der Waals surface area contributed by atoms with Gasteiger partial charge in [0.05, 0.1) is 0 Å². The van der Waals surface area contributed by atoms with Gasteiger partial charge in [-0.3, -0.25) is 9.69 Å². The maximum Gasteiger partial charge on any atom is 0.534 e. The third-order valence-electron chi connectivity index (χ3n) is 6.20. The Bertz CT molecular complexity index is 1400. The molecule has 1 heterocycles. The number of carbonyl (C=O) groups is 1. The first kappa shape index (κ1) is 26.7. The van der Waals surface area contributed by atoms with Crippen LogP contribution in [0.4, 0.5) is 13.2 Å². The molecule has 0 atom stereocenters. The summed E-state index contributed by atoms with van der Waals surface area (Å²) >= 11 is 0. The van der Waals surface area contributed by atoms with Gasteiger partial charge >= 0.3 is 15.6 Å². The number of carbonyl (C=O) groups excluding carboxylic acids is 1. The van der Waals surface area contributed by atoms with Gasteiger partial charge in [-0.25, -0.2) is 0 Å². The predicted octanol–water partition coefficient (Wildman–Crippen LogP) is 5.04. The molecule has 0 saturated carbocycles. The van der Waals surface area contributed by atoms with Crippen LogP contribution in [0.3, 0.4) is 0 Å². The van der Waals surface area contributed by atoms with E-state index >= 15 is 0 Å². The largest absolute Gasteiger partial charge is 0.534 e. The third-order valence-corrected chi connectivity index (χ3v) is 7.18. The molecule has 37 heavy (non-hydrogen) atoms. The van der Waals surface area contributed by atoms with Gasteiger partial charge in [-0.2, -0.15) is 21.6 Å². The molecular formula is C27H27F3N2O4S. The summed E-state index contributed by atoms with van der Waals surface area (Å²) in [6, 6.07) is 18.1. The Labute approximate surface area is 213 Å². The number of fused-ring (bicyclic) bond motifs is 2. The Kier molecular flexibility index (Phi) is 8.19. The number of hydrogen-bond donors (Lipinski definition) is 1. The van der Waals surface area contributed by atoms with Crippen molar-refractivity contribution in [1.29, 1.82) is 0 Å². The van der Waals surface area contributed by atoms with E-state index in [1.807, 2.05) is 42.5 Å². The quantitative estimate of drug-likeness (QED) is 0.181. The molecule has 0 bridgehead atoms. The Balaban J connectivity index is 1.21. The van der Waals surface area contributed by atoms with E-state index in [1.165, 1.54) is 18.2 Å². The minimum Gasteiger partial charge on any atom is -0.376 e. The molecule has 0 fully saturated rings. The van der Waals surface area contributed by atoms with Crippen LogP contribution in [-0.2, 0) is 27.9 Å². The second-order valence-corrected chi connectivity index (χ2v) is 10.4. The lowest BCUT2D eigenvalue weighted by Crippen LogP contribution is -2.32. The van der Waals surface area contributed by atoms with E-state index < -0.39 is 15.6 Å². The van der Waals surface area contributed by atoms with Crippen molar-refractivity contribution in [2.75, 3.05) is 19.6 Å². The standard InChI is InChI=1S/C27H27F3N2O4S/c28-27(29,30)37(34,35)36-24-12-10-20-14-17-32(19-23(20)18-24)16-4-3-15-31-26(33)13-11-22-8-5-7-21-6-1-2-9-25(21)22/h1-2,5-13,18H,3-4,14-17,19H2,(H,31,33). The van der Waals surface area contributed by atoms with E-state index in [4.69, 9.17) is 0 Å². The van der Waals surface area contributed by atoms with Gasteiger partial charge in [0.25, 0.3) is 0 Å². The van der Waals surface area contributed by atoms with Gasteiger partial charge in [0.15, 0.2) is 0 Å². The number of halogens is 3. The third kappa shape index (κ3) is 6.90. The summed E-state index contributed by atoms with van der Waals surface area (Å²) in [4.78, 5) is 14.4. The molecule has 0 radical (unpaired) electrons. The Morgan fingerprint density at radius 3 is 2.62 bits per heavy atom. The normalized spacial score (nSPS) is 14.6. The number of hydrogen-bond acceptors (Lipinski definition) is 5. The molecule has 0 saturated heterocycles. The molecule has 3 aromatic carbocycles. The Hall–Kier alpha value is -3.37. The summed E-state index contributed by atoms with van der Waals surface area (Å²) in [5, 5.41) is 5.08. The lowest BCUT2D eigenvalue weighted by atomic mass is 9.99. The fourth-order valence-corrected chi connectivity index (χ4v) is 4.75. The Morgan fingerprint density at radius 2 is 1.81 bits per heavy atom. The van der Waals surface area contributed by atoms with E-state index in [9.17, 15) is 26.4 Å². The van der Waals surface area contributed by atoms with Crippen molar-refractivity contribution in [3.05, 3.63) is 83.4 Å². The second kappa shape index (κ2) is 11.4. The van der Waals surface area contributed by atoms with Crippen LogP contribution in [0.5, 0.6) is 5.75 Å². The predicted molar refractivity (Wildman–Crippen MR) is 136 cm³/mol. The van der Waals surface area contributed by atoms with Crippen molar-refractivity contribution >= 4 is 32.9 Å². The average Bonchev–Trinajstić information content (AvgIpc) is 2.86. The first-order valence-electron chi connectivity index (χ1n) is 11.9. The highest BCUT2D eigenvalue weighted by Gasteiger charge is 2.48. The minimum absolute atomic E-state index is 0.166. The van der Waals surface area contributed by atoms with Gasteiger partial charge in [-0.1, -0.05) is 48.5 Å². The van der Waals surface area contributed by atoms with Crippen molar-refractivity contribution in [2.45, 2.75) is 31.3 Å². The number of benzene rings is 3. The minimum atomic E-state index is -5.70. The van der Waals surface area contributed by atoms with Crippen LogP contribution in [0.2, 0.25) is 0 Å². The lowest BCUT2D eigenvalue weighted by molar-refractivity contribution is -0.116. The van der Waals surface area contributed by atoms with Gasteiger partial charge in [0, 0.05) is 25.7 Å². The number of unbranched alkanes of at least 4 members (excludes halogenated alkanes) is 1. The zero-order chi connectivity index (χ0) is 26.5. The summed E-state index contributed by atoms with van der Waals surface area (Å²) in [6.07, 6.45) is 5.63. The molecule has 6 nitrogen and oxygen atoms in total. The fourth-order valence-electron chi connectivity index (χ4n) is 4.30. The Morgan fingerprint density at radius 1 is 1.03 bits per heavy atom. The summed E-state index contributed by atoms with van der Waals surface area (Å²) < 4.78 is 64.6. The van der Waals surface area contributed by atoms with Crippen LogP contribution in [0.15, 0.2) is 66.7 Å². The molecule has 0 aromatic heterocycles. The van der Waals surface area contributed by atoms with Crippen LogP contribution >= 0.6 is 0 Å². The maximum absolute atomic E-state index is 12.6. The molecule has 1 aliphatic heterocycles. The van der Waals surface area contributed by atoms with Gasteiger partial charge in [0.1, 0.15) is 5.75 Å². The van der Waals surface area contributed by atoms with E-state index in [0.717, 1.165) is 53.4 Å². The molecule has 0 spiro atoms. The molecule has 1 aliphatic rings. The number of alkyl halides is 3. The van der Waals surface area contributed by atoms with Crippen molar-refractivity contribution in [2.24, 2.45) is 0 Å². The van der Waals surface area contributed by atoms with Crippen LogP contribution in [-0.4, -0.2) is 44.4 Å².